The first kappa shape index (κ1) is 9.05. The summed E-state index contributed by atoms with van der Waals surface area (Å²) in [4.78, 5) is 11.0. The third kappa shape index (κ3) is 1.25. The lowest BCUT2D eigenvalue weighted by molar-refractivity contribution is -0.152. The minimum absolute atomic E-state index is 0.202. The fourth-order valence-electron chi connectivity index (χ4n) is 1.49. The second kappa shape index (κ2) is 2.73. The van der Waals surface area contributed by atoms with Crippen molar-refractivity contribution >= 4 is 5.97 Å². The van der Waals surface area contributed by atoms with E-state index in [9.17, 15) is 4.79 Å². The third-order valence-corrected chi connectivity index (χ3v) is 2.42. The van der Waals surface area contributed by atoms with E-state index >= 15 is 0 Å². The zero-order valence-electron chi connectivity index (χ0n) is 8.15. The molecular weight excluding hydrogens is 184 g/mol. The summed E-state index contributed by atoms with van der Waals surface area (Å²) in [7, 11) is 0. The van der Waals surface area contributed by atoms with Crippen molar-refractivity contribution < 1.29 is 14.6 Å². The molecule has 1 N–H and O–H groups in total. The van der Waals surface area contributed by atoms with Gasteiger partial charge in [0.2, 0.25) is 5.88 Å². The zero-order valence-corrected chi connectivity index (χ0v) is 8.15. The van der Waals surface area contributed by atoms with Crippen LogP contribution in [0.15, 0.2) is 6.07 Å². The summed E-state index contributed by atoms with van der Waals surface area (Å²) in [6.07, 6.45) is 0. The molecule has 0 aromatic carbocycles. The van der Waals surface area contributed by atoms with Gasteiger partial charge in [-0.1, -0.05) is 0 Å². The van der Waals surface area contributed by atoms with Gasteiger partial charge in [-0.05, 0) is 13.8 Å². The van der Waals surface area contributed by atoms with Crippen molar-refractivity contribution in [3.63, 3.8) is 0 Å². The Hall–Kier alpha value is -1.52. The largest absolute Gasteiger partial charge is 0.481 e. The van der Waals surface area contributed by atoms with Crippen LogP contribution >= 0.6 is 0 Å². The Morgan fingerprint density at radius 2 is 2.50 bits per heavy atom. The molecule has 2 rings (SSSR count). The topological polar surface area (TPSA) is 64.4 Å². The van der Waals surface area contributed by atoms with Gasteiger partial charge in [-0.2, -0.15) is 5.10 Å². The Bertz CT molecular complexity index is 385. The summed E-state index contributed by atoms with van der Waals surface area (Å²) in [6.45, 7) is 4.08. The summed E-state index contributed by atoms with van der Waals surface area (Å²) in [5.41, 5.74) is -0.0273. The lowest BCUT2D eigenvalue weighted by atomic mass is 9.91. The molecule has 1 aliphatic heterocycles. The SMILES string of the molecule is Cc1cc2n(n1)CC(C)(C(=O)O)CO2. The van der Waals surface area contributed by atoms with Crippen molar-refractivity contribution in [3.8, 4) is 5.88 Å². The Labute approximate surface area is 81.3 Å². The molecule has 0 spiro atoms. The van der Waals surface area contributed by atoms with Crippen LogP contribution in [0.5, 0.6) is 5.88 Å². The molecule has 0 saturated heterocycles. The molecule has 0 radical (unpaired) electrons. The molecule has 1 aromatic rings. The molecule has 0 saturated carbocycles. The van der Waals surface area contributed by atoms with Crippen LogP contribution in [-0.4, -0.2) is 27.5 Å². The number of aromatic nitrogens is 2. The molecule has 0 fully saturated rings. The van der Waals surface area contributed by atoms with E-state index in [0.717, 1.165) is 5.69 Å². The third-order valence-electron chi connectivity index (χ3n) is 2.42. The monoisotopic (exact) mass is 196 g/mol. The molecule has 76 valence electrons. The molecule has 1 atom stereocenters. The first-order valence-corrected chi connectivity index (χ1v) is 4.42. The summed E-state index contributed by atoms with van der Waals surface area (Å²) >= 11 is 0. The molecule has 1 aromatic heterocycles. The van der Waals surface area contributed by atoms with E-state index < -0.39 is 11.4 Å². The van der Waals surface area contributed by atoms with Gasteiger partial charge in [-0.3, -0.25) is 4.79 Å². The molecule has 5 heteroatoms. The average molecular weight is 196 g/mol. The van der Waals surface area contributed by atoms with E-state index in [4.69, 9.17) is 9.84 Å². The second-order valence-corrected chi connectivity index (χ2v) is 3.94. The number of carboxylic acid groups (broad SMARTS) is 1. The molecule has 5 nitrogen and oxygen atoms in total. The Morgan fingerprint density at radius 3 is 3.14 bits per heavy atom. The molecule has 2 heterocycles. The maximum Gasteiger partial charge on any atom is 0.314 e. The number of carboxylic acids is 1. The van der Waals surface area contributed by atoms with Crippen LogP contribution in [0.25, 0.3) is 0 Å². The predicted molar refractivity (Wildman–Crippen MR) is 48.2 cm³/mol. The van der Waals surface area contributed by atoms with Crippen LogP contribution in [0.2, 0.25) is 0 Å². The lowest BCUT2D eigenvalue weighted by Crippen LogP contribution is -2.42. The van der Waals surface area contributed by atoms with E-state index in [-0.39, 0.29) is 6.61 Å². The first-order chi connectivity index (χ1) is 6.51. The fraction of sp³-hybridized carbons (Fsp3) is 0.556. The molecule has 0 bridgehead atoms. The van der Waals surface area contributed by atoms with Gasteiger partial charge in [0.1, 0.15) is 12.0 Å². The number of fused-ring (bicyclic) bond motifs is 1. The molecule has 14 heavy (non-hydrogen) atoms. The van der Waals surface area contributed by atoms with Crippen molar-refractivity contribution in [2.75, 3.05) is 6.61 Å². The maximum atomic E-state index is 11.0. The number of carbonyl (C=O) groups is 1. The van der Waals surface area contributed by atoms with Crippen LogP contribution < -0.4 is 4.74 Å². The van der Waals surface area contributed by atoms with Gasteiger partial charge in [-0.25, -0.2) is 4.68 Å². The van der Waals surface area contributed by atoms with E-state index in [1.54, 1.807) is 17.7 Å². The Balaban J connectivity index is 2.33. The summed E-state index contributed by atoms with van der Waals surface area (Å²) in [6, 6.07) is 1.81. The van der Waals surface area contributed by atoms with Gasteiger partial charge >= 0.3 is 5.97 Å². The fourth-order valence-corrected chi connectivity index (χ4v) is 1.49. The van der Waals surface area contributed by atoms with Gasteiger partial charge in [0.15, 0.2) is 0 Å². The minimum atomic E-state index is -0.870. The number of rotatable bonds is 1. The highest BCUT2D eigenvalue weighted by atomic mass is 16.5. The molecule has 0 aliphatic carbocycles. The van der Waals surface area contributed by atoms with Crippen molar-refractivity contribution in [2.24, 2.45) is 5.41 Å². The maximum absolute atomic E-state index is 11.0. The number of hydrogen-bond donors (Lipinski definition) is 1. The standard InChI is InChI=1S/C9H12N2O3/c1-6-3-7-11(10-6)4-9(2,5-14-7)8(12)13/h3H,4-5H2,1-2H3,(H,12,13). The van der Waals surface area contributed by atoms with Crippen LogP contribution in [0, 0.1) is 12.3 Å². The van der Waals surface area contributed by atoms with Crippen molar-refractivity contribution in [1.82, 2.24) is 9.78 Å². The van der Waals surface area contributed by atoms with Crippen LogP contribution in [0.1, 0.15) is 12.6 Å². The second-order valence-electron chi connectivity index (χ2n) is 3.94. The van der Waals surface area contributed by atoms with Crippen LogP contribution in [-0.2, 0) is 11.3 Å². The Morgan fingerprint density at radius 1 is 1.79 bits per heavy atom. The highest BCUT2D eigenvalue weighted by Crippen LogP contribution is 2.29. The average Bonchev–Trinajstić information content (AvgIpc) is 2.43. The lowest BCUT2D eigenvalue weighted by Gasteiger charge is -2.29. The van der Waals surface area contributed by atoms with E-state index in [1.165, 1.54) is 0 Å². The first-order valence-electron chi connectivity index (χ1n) is 4.42. The molecular formula is C9H12N2O3. The predicted octanol–water partition coefficient (Wildman–Crippen LogP) is 0.675. The van der Waals surface area contributed by atoms with Gasteiger partial charge in [0.05, 0.1) is 12.2 Å². The van der Waals surface area contributed by atoms with E-state index in [2.05, 4.69) is 5.10 Å². The number of aryl methyl sites for hydroxylation is 1. The minimum Gasteiger partial charge on any atom is -0.481 e. The normalized spacial score (nSPS) is 25.3. The highest BCUT2D eigenvalue weighted by molar-refractivity contribution is 5.74. The smallest absolute Gasteiger partial charge is 0.314 e. The van der Waals surface area contributed by atoms with Gasteiger partial charge in [-0.15, -0.1) is 0 Å². The summed E-state index contributed by atoms with van der Waals surface area (Å²) in [5.74, 6) is -0.197. The molecule has 0 amide bonds. The summed E-state index contributed by atoms with van der Waals surface area (Å²) in [5, 5.41) is 13.2. The van der Waals surface area contributed by atoms with Gasteiger partial charge in [0, 0.05) is 6.07 Å². The quantitative estimate of drug-likeness (QED) is 0.717. The van der Waals surface area contributed by atoms with Gasteiger partial charge < -0.3 is 9.84 Å². The molecule has 1 aliphatic rings. The number of nitrogens with zero attached hydrogens (tertiary/aromatic N) is 2. The van der Waals surface area contributed by atoms with Crippen molar-refractivity contribution in [2.45, 2.75) is 20.4 Å². The van der Waals surface area contributed by atoms with E-state index in [0.29, 0.717) is 12.4 Å². The van der Waals surface area contributed by atoms with E-state index in [1.807, 2.05) is 6.92 Å². The summed E-state index contributed by atoms with van der Waals surface area (Å²) < 4.78 is 6.94. The highest BCUT2D eigenvalue weighted by Gasteiger charge is 2.39. The van der Waals surface area contributed by atoms with Crippen molar-refractivity contribution in [3.05, 3.63) is 11.8 Å². The van der Waals surface area contributed by atoms with Gasteiger partial charge in [0.25, 0.3) is 0 Å². The number of aliphatic carboxylic acids is 1. The van der Waals surface area contributed by atoms with Crippen molar-refractivity contribution in [1.29, 1.82) is 0 Å². The molecule has 1 unspecified atom stereocenters. The zero-order chi connectivity index (χ0) is 10.3. The number of ether oxygens (including phenoxy) is 1. The van der Waals surface area contributed by atoms with Crippen LogP contribution in [0.4, 0.5) is 0 Å². The number of hydrogen-bond acceptors (Lipinski definition) is 3. The Kier molecular flexibility index (Phi) is 1.77. The van der Waals surface area contributed by atoms with Crippen LogP contribution in [0.3, 0.4) is 0 Å².